The van der Waals surface area contributed by atoms with E-state index in [1.54, 1.807) is 0 Å². The van der Waals surface area contributed by atoms with Gasteiger partial charge in [-0.25, -0.2) is 22.0 Å². The van der Waals surface area contributed by atoms with Crippen molar-refractivity contribution in [2.75, 3.05) is 31.1 Å². The minimum atomic E-state index is -2.12. The third kappa shape index (κ3) is 2.65. The highest BCUT2D eigenvalue weighted by molar-refractivity contribution is 5.50. The fourth-order valence-electron chi connectivity index (χ4n) is 2.12. The lowest BCUT2D eigenvalue weighted by atomic mass is 10.2. The Hall–Kier alpha value is -1.37. The van der Waals surface area contributed by atoms with Crippen LogP contribution in [0.15, 0.2) is 0 Å². The van der Waals surface area contributed by atoms with Gasteiger partial charge in [-0.1, -0.05) is 0 Å². The summed E-state index contributed by atoms with van der Waals surface area (Å²) in [7, 11) is 0. The van der Waals surface area contributed by atoms with Crippen LogP contribution in [0.4, 0.5) is 27.6 Å². The van der Waals surface area contributed by atoms with E-state index in [9.17, 15) is 22.0 Å². The van der Waals surface area contributed by atoms with Crippen LogP contribution in [0.5, 0.6) is 0 Å². The monoisotopic (exact) mass is 280 g/mol. The van der Waals surface area contributed by atoms with Crippen LogP contribution < -0.4 is 10.2 Å². The zero-order valence-electron chi connectivity index (χ0n) is 10.1. The van der Waals surface area contributed by atoms with Gasteiger partial charge in [0.25, 0.3) is 0 Å². The molecule has 1 aromatic carbocycles. The highest BCUT2D eigenvalue weighted by Gasteiger charge is 2.28. The molecule has 19 heavy (non-hydrogen) atoms. The Bertz CT molecular complexity index is 441. The molecule has 1 fully saturated rings. The summed E-state index contributed by atoms with van der Waals surface area (Å²) in [5, 5.41) is 3.10. The summed E-state index contributed by atoms with van der Waals surface area (Å²) in [5.41, 5.74) is -0.821. The van der Waals surface area contributed by atoms with Crippen LogP contribution in [0.3, 0.4) is 0 Å². The SMILES string of the molecule is Fc1c(F)c(F)c(N2CCCNCCC2)c(F)c1F. The average molecular weight is 280 g/mol. The van der Waals surface area contributed by atoms with E-state index < -0.39 is 34.8 Å². The maximum atomic E-state index is 13.6. The second-order valence-corrected chi connectivity index (χ2v) is 4.36. The fourth-order valence-corrected chi connectivity index (χ4v) is 2.12. The van der Waals surface area contributed by atoms with Gasteiger partial charge in [0.2, 0.25) is 5.82 Å². The molecule has 0 radical (unpaired) electrons. The first-order chi connectivity index (χ1) is 9.04. The highest BCUT2D eigenvalue weighted by Crippen LogP contribution is 2.30. The van der Waals surface area contributed by atoms with Crippen molar-refractivity contribution >= 4 is 5.69 Å². The van der Waals surface area contributed by atoms with Gasteiger partial charge in [0, 0.05) is 13.1 Å². The van der Waals surface area contributed by atoms with E-state index in [2.05, 4.69) is 5.32 Å². The molecular formula is C12H13F5N2. The van der Waals surface area contributed by atoms with Gasteiger partial charge in [-0.3, -0.25) is 0 Å². The molecule has 1 heterocycles. The highest BCUT2D eigenvalue weighted by atomic mass is 19.2. The summed E-state index contributed by atoms with van der Waals surface area (Å²) < 4.78 is 66.5. The maximum absolute atomic E-state index is 13.6. The second-order valence-electron chi connectivity index (χ2n) is 4.36. The largest absolute Gasteiger partial charge is 0.367 e. The number of hydrogen-bond donors (Lipinski definition) is 1. The molecule has 0 unspecified atom stereocenters. The van der Waals surface area contributed by atoms with Crippen LogP contribution in [-0.2, 0) is 0 Å². The average Bonchev–Trinajstić information content (AvgIpc) is 2.36. The molecule has 0 amide bonds. The predicted molar refractivity (Wildman–Crippen MR) is 60.5 cm³/mol. The molecule has 0 bridgehead atoms. The Labute approximate surface area is 107 Å². The standard InChI is InChI=1S/C12H13F5N2/c13-7-8(14)10(16)12(11(17)9(7)15)19-5-1-3-18-4-2-6-19/h18H,1-6H2. The number of halogens is 5. The van der Waals surface area contributed by atoms with Crippen LogP contribution in [0.25, 0.3) is 0 Å². The van der Waals surface area contributed by atoms with Crippen molar-refractivity contribution in [1.82, 2.24) is 5.32 Å². The molecular weight excluding hydrogens is 267 g/mol. The van der Waals surface area contributed by atoms with Crippen LogP contribution in [0.2, 0.25) is 0 Å². The quantitative estimate of drug-likeness (QED) is 0.483. The molecule has 1 saturated heterocycles. The first kappa shape index (κ1) is 14.0. The van der Waals surface area contributed by atoms with Crippen LogP contribution in [0.1, 0.15) is 12.8 Å². The summed E-state index contributed by atoms with van der Waals surface area (Å²) in [4.78, 5) is 1.22. The summed E-state index contributed by atoms with van der Waals surface area (Å²) in [6.07, 6.45) is 1.14. The maximum Gasteiger partial charge on any atom is 0.200 e. The normalized spacial score (nSPS) is 17.2. The number of hydrogen-bond acceptors (Lipinski definition) is 2. The van der Waals surface area contributed by atoms with E-state index in [-0.39, 0.29) is 13.1 Å². The molecule has 0 saturated carbocycles. The molecule has 1 aromatic rings. The number of rotatable bonds is 1. The van der Waals surface area contributed by atoms with Gasteiger partial charge < -0.3 is 10.2 Å². The van der Waals surface area contributed by atoms with Gasteiger partial charge in [0.05, 0.1) is 0 Å². The van der Waals surface area contributed by atoms with Gasteiger partial charge in [-0.15, -0.1) is 0 Å². The molecule has 7 heteroatoms. The van der Waals surface area contributed by atoms with Crippen molar-refractivity contribution in [1.29, 1.82) is 0 Å². The molecule has 1 aliphatic heterocycles. The molecule has 2 rings (SSSR count). The van der Waals surface area contributed by atoms with Crippen molar-refractivity contribution in [2.45, 2.75) is 12.8 Å². The summed E-state index contributed by atoms with van der Waals surface area (Å²) >= 11 is 0. The lowest BCUT2D eigenvalue weighted by molar-refractivity contribution is 0.377. The van der Waals surface area contributed by atoms with Gasteiger partial charge in [0.15, 0.2) is 23.3 Å². The zero-order valence-corrected chi connectivity index (χ0v) is 10.1. The van der Waals surface area contributed by atoms with Crippen LogP contribution in [0, 0.1) is 29.1 Å². The molecule has 0 aromatic heterocycles. The lowest BCUT2D eigenvalue weighted by Crippen LogP contribution is -2.35. The molecule has 106 valence electrons. The van der Waals surface area contributed by atoms with Crippen molar-refractivity contribution < 1.29 is 22.0 Å². The second kappa shape index (κ2) is 5.73. The Morgan fingerprint density at radius 3 is 1.58 bits per heavy atom. The molecule has 0 aliphatic carbocycles. The van der Waals surface area contributed by atoms with E-state index in [4.69, 9.17) is 0 Å². The first-order valence-electron chi connectivity index (χ1n) is 6.01. The number of nitrogens with one attached hydrogen (secondary N) is 1. The van der Waals surface area contributed by atoms with E-state index >= 15 is 0 Å². The molecule has 1 N–H and O–H groups in total. The van der Waals surface area contributed by atoms with Crippen molar-refractivity contribution in [3.05, 3.63) is 29.1 Å². The predicted octanol–water partition coefficient (Wildman–Crippen LogP) is 2.57. The first-order valence-corrected chi connectivity index (χ1v) is 6.01. The topological polar surface area (TPSA) is 15.3 Å². The molecule has 0 atom stereocenters. The van der Waals surface area contributed by atoms with Crippen molar-refractivity contribution in [3.63, 3.8) is 0 Å². The number of benzene rings is 1. The summed E-state index contributed by atoms with van der Waals surface area (Å²) in [6.45, 7) is 1.77. The third-order valence-electron chi connectivity index (χ3n) is 3.07. The number of anilines is 1. The van der Waals surface area contributed by atoms with E-state index in [1.165, 1.54) is 4.90 Å². The summed E-state index contributed by atoms with van der Waals surface area (Å²) in [5.74, 6) is -9.43. The van der Waals surface area contributed by atoms with Gasteiger partial charge in [-0.2, -0.15) is 0 Å². The Morgan fingerprint density at radius 1 is 0.684 bits per heavy atom. The smallest absolute Gasteiger partial charge is 0.200 e. The van der Waals surface area contributed by atoms with Crippen LogP contribution in [-0.4, -0.2) is 26.2 Å². The zero-order chi connectivity index (χ0) is 14.0. The Morgan fingerprint density at radius 2 is 1.11 bits per heavy atom. The van der Waals surface area contributed by atoms with Gasteiger partial charge >= 0.3 is 0 Å². The van der Waals surface area contributed by atoms with Crippen LogP contribution >= 0.6 is 0 Å². The minimum Gasteiger partial charge on any atom is -0.367 e. The molecule has 2 nitrogen and oxygen atoms in total. The Balaban J connectivity index is 2.42. The molecule has 1 aliphatic rings. The molecule has 0 spiro atoms. The van der Waals surface area contributed by atoms with E-state index in [0.717, 1.165) is 0 Å². The minimum absolute atomic E-state index is 0.241. The van der Waals surface area contributed by atoms with Crippen molar-refractivity contribution in [2.24, 2.45) is 0 Å². The summed E-state index contributed by atoms with van der Waals surface area (Å²) in [6, 6.07) is 0. The van der Waals surface area contributed by atoms with Crippen molar-refractivity contribution in [3.8, 4) is 0 Å². The number of nitrogens with zero attached hydrogens (tertiary/aromatic N) is 1. The van der Waals surface area contributed by atoms with E-state index in [0.29, 0.717) is 25.9 Å². The third-order valence-corrected chi connectivity index (χ3v) is 3.07. The Kier molecular flexibility index (Phi) is 4.24. The lowest BCUT2D eigenvalue weighted by Gasteiger charge is -2.28. The van der Waals surface area contributed by atoms with E-state index in [1.807, 2.05) is 0 Å². The van der Waals surface area contributed by atoms with Gasteiger partial charge in [0.1, 0.15) is 5.69 Å². The fraction of sp³-hybridized carbons (Fsp3) is 0.500. The van der Waals surface area contributed by atoms with Gasteiger partial charge in [-0.05, 0) is 25.9 Å².